The number of fused-ring (bicyclic) bond motifs is 2. The lowest BCUT2D eigenvalue weighted by Gasteiger charge is -2.20. The molecule has 2 saturated heterocycles. The number of rotatable bonds is 3. The monoisotopic (exact) mass is 235 g/mol. The first-order valence-electron chi connectivity index (χ1n) is 6.53. The Morgan fingerprint density at radius 1 is 1.41 bits per heavy atom. The summed E-state index contributed by atoms with van der Waals surface area (Å²) < 4.78 is 7.82. The van der Waals surface area contributed by atoms with Crippen LogP contribution in [0.25, 0.3) is 0 Å². The first-order chi connectivity index (χ1) is 8.15. The van der Waals surface area contributed by atoms with Crippen molar-refractivity contribution in [2.75, 3.05) is 0 Å². The summed E-state index contributed by atoms with van der Waals surface area (Å²) in [6.45, 7) is 5.14. The normalized spacial score (nSPS) is 31.4. The third-order valence-corrected chi connectivity index (χ3v) is 4.31. The van der Waals surface area contributed by atoms with Gasteiger partial charge in [0, 0.05) is 30.9 Å². The largest absolute Gasteiger partial charge is 0.373 e. The fourth-order valence-electron chi connectivity index (χ4n) is 3.16. The molecule has 1 aromatic heterocycles. The molecular formula is C13H21N3O. The summed E-state index contributed by atoms with van der Waals surface area (Å²) in [4.78, 5) is 0. The smallest absolute Gasteiger partial charge is 0.0733 e. The highest BCUT2D eigenvalue weighted by atomic mass is 16.5. The van der Waals surface area contributed by atoms with Crippen LogP contribution < -0.4 is 5.32 Å². The topological polar surface area (TPSA) is 39.1 Å². The summed E-state index contributed by atoms with van der Waals surface area (Å²) in [6, 6.07) is 0.549. The van der Waals surface area contributed by atoms with E-state index < -0.39 is 0 Å². The molecular weight excluding hydrogens is 214 g/mol. The molecule has 0 radical (unpaired) electrons. The standard InChI is InChI=1S/C13H21N3O/c1-8-11(9(2)16(3)15-8)7-14-12-6-10-4-5-13(12)17-10/h10,12-14H,4-7H2,1-3H3. The highest BCUT2D eigenvalue weighted by molar-refractivity contribution is 5.24. The average molecular weight is 235 g/mol. The molecule has 3 unspecified atom stereocenters. The molecule has 1 aromatic rings. The molecule has 2 fully saturated rings. The zero-order chi connectivity index (χ0) is 12.0. The molecule has 1 N–H and O–H groups in total. The maximum absolute atomic E-state index is 5.86. The maximum atomic E-state index is 5.86. The van der Waals surface area contributed by atoms with Crippen LogP contribution in [0.2, 0.25) is 0 Å². The highest BCUT2D eigenvalue weighted by Gasteiger charge is 2.40. The minimum Gasteiger partial charge on any atom is -0.373 e. The van der Waals surface area contributed by atoms with Gasteiger partial charge in [0.2, 0.25) is 0 Å². The predicted octanol–water partition coefficient (Wildman–Crippen LogP) is 1.45. The average Bonchev–Trinajstić information content (AvgIpc) is 2.95. The quantitative estimate of drug-likeness (QED) is 0.862. The predicted molar refractivity (Wildman–Crippen MR) is 65.8 cm³/mol. The molecule has 0 aromatic carbocycles. The third kappa shape index (κ3) is 1.89. The van der Waals surface area contributed by atoms with Gasteiger partial charge in [-0.15, -0.1) is 0 Å². The molecule has 0 amide bonds. The number of hydrogen-bond acceptors (Lipinski definition) is 3. The van der Waals surface area contributed by atoms with E-state index in [0.29, 0.717) is 18.2 Å². The molecule has 4 heteroatoms. The van der Waals surface area contributed by atoms with E-state index in [1.807, 2.05) is 11.7 Å². The van der Waals surface area contributed by atoms with E-state index in [1.165, 1.54) is 30.5 Å². The van der Waals surface area contributed by atoms with Crippen LogP contribution in [0.1, 0.15) is 36.2 Å². The van der Waals surface area contributed by atoms with Crippen molar-refractivity contribution in [3.05, 3.63) is 17.0 Å². The van der Waals surface area contributed by atoms with Crippen molar-refractivity contribution in [3.8, 4) is 0 Å². The maximum Gasteiger partial charge on any atom is 0.0733 e. The molecule has 3 atom stereocenters. The Labute approximate surface area is 102 Å². The van der Waals surface area contributed by atoms with Gasteiger partial charge >= 0.3 is 0 Å². The molecule has 2 aliphatic heterocycles. The fraction of sp³-hybridized carbons (Fsp3) is 0.769. The second-order valence-electron chi connectivity index (χ2n) is 5.37. The Balaban J connectivity index is 1.64. The SMILES string of the molecule is Cc1nn(C)c(C)c1CNC1CC2CCC1O2. The molecule has 2 aliphatic rings. The van der Waals surface area contributed by atoms with Crippen LogP contribution in [-0.2, 0) is 18.3 Å². The van der Waals surface area contributed by atoms with E-state index >= 15 is 0 Å². The van der Waals surface area contributed by atoms with Gasteiger partial charge in [-0.1, -0.05) is 0 Å². The van der Waals surface area contributed by atoms with Crippen LogP contribution in [0.5, 0.6) is 0 Å². The molecule has 0 spiro atoms. The Kier molecular flexibility index (Phi) is 2.71. The number of hydrogen-bond donors (Lipinski definition) is 1. The lowest BCUT2D eigenvalue weighted by atomic mass is 9.95. The summed E-state index contributed by atoms with van der Waals surface area (Å²) in [5, 5.41) is 8.10. The number of aromatic nitrogens is 2. The second kappa shape index (κ2) is 4.10. The van der Waals surface area contributed by atoms with Gasteiger partial charge in [-0.05, 0) is 33.1 Å². The van der Waals surface area contributed by atoms with Crippen molar-refractivity contribution in [2.45, 2.75) is 57.9 Å². The first kappa shape index (κ1) is 11.2. The van der Waals surface area contributed by atoms with Gasteiger partial charge in [-0.2, -0.15) is 5.10 Å². The molecule has 0 aliphatic carbocycles. The van der Waals surface area contributed by atoms with Gasteiger partial charge in [0.25, 0.3) is 0 Å². The number of ether oxygens (including phenoxy) is 1. The lowest BCUT2D eigenvalue weighted by molar-refractivity contribution is 0.0972. The summed E-state index contributed by atoms with van der Waals surface area (Å²) in [7, 11) is 2.01. The van der Waals surface area contributed by atoms with E-state index in [2.05, 4.69) is 24.3 Å². The molecule has 17 heavy (non-hydrogen) atoms. The van der Waals surface area contributed by atoms with Crippen LogP contribution in [0.15, 0.2) is 0 Å². The van der Waals surface area contributed by atoms with Crippen molar-refractivity contribution < 1.29 is 4.74 Å². The van der Waals surface area contributed by atoms with Crippen molar-refractivity contribution in [3.63, 3.8) is 0 Å². The summed E-state index contributed by atoms with van der Waals surface area (Å²) in [5.74, 6) is 0. The van der Waals surface area contributed by atoms with E-state index in [1.54, 1.807) is 0 Å². The minimum atomic E-state index is 0.456. The van der Waals surface area contributed by atoms with Gasteiger partial charge in [0.15, 0.2) is 0 Å². The van der Waals surface area contributed by atoms with Crippen LogP contribution in [0, 0.1) is 13.8 Å². The molecule has 94 valence electrons. The van der Waals surface area contributed by atoms with Gasteiger partial charge in [0.1, 0.15) is 0 Å². The first-order valence-corrected chi connectivity index (χ1v) is 6.53. The molecule has 2 bridgehead atoms. The zero-order valence-corrected chi connectivity index (χ0v) is 10.9. The van der Waals surface area contributed by atoms with Crippen LogP contribution in [-0.4, -0.2) is 28.0 Å². The minimum absolute atomic E-state index is 0.456. The zero-order valence-electron chi connectivity index (χ0n) is 10.9. The van der Waals surface area contributed by atoms with Crippen molar-refractivity contribution >= 4 is 0 Å². The van der Waals surface area contributed by atoms with Crippen LogP contribution in [0.3, 0.4) is 0 Å². The second-order valence-corrected chi connectivity index (χ2v) is 5.37. The van der Waals surface area contributed by atoms with Crippen molar-refractivity contribution in [1.29, 1.82) is 0 Å². The number of nitrogens with zero attached hydrogens (tertiary/aromatic N) is 2. The summed E-state index contributed by atoms with van der Waals surface area (Å²) in [5.41, 5.74) is 3.75. The van der Waals surface area contributed by atoms with Gasteiger partial charge in [-0.3, -0.25) is 4.68 Å². The Morgan fingerprint density at radius 3 is 2.76 bits per heavy atom. The lowest BCUT2D eigenvalue weighted by Crippen LogP contribution is -2.37. The van der Waals surface area contributed by atoms with Gasteiger partial charge in [0.05, 0.1) is 17.9 Å². The number of aryl methyl sites for hydroxylation is 2. The van der Waals surface area contributed by atoms with Crippen LogP contribution >= 0.6 is 0 Å². The molecule has 3 heterocycles. The fourth-order valence-corrected chi connectivity index (χ4v) is 3.16. The van der Waals surface area contributed by atoms with E-state index in [4.69, 9.17) is 4.74 Å². The Morgan fingerprint density at radius 2 is 2.24 bits per heavy atom. The van der Waals surface area contributed by atoms with Crippen molar-refractivity contribution in [1.82, 2.24) is 15.1 Å². The van der Waals surface area contributed by atoms with Crippen molar-refractivity contribution in [2.24, 2.45) is 7.05 Å². The van der Waals surface area contributed by atoms with Crippen LogP contribution in [0.4, 0.5) is 0 Å². The summed E-state index contributed by atoms with van der Waals surface area (Å²) in [6.07, 6.45) is 4.65. The molecule has 4 nitrogen and oxygen atoms in total. The summed E-state index contributed by atoms with van der Waals surface area (Å²) >= 11 is 0. The van der Waals surface area contributed by atoms with Gasteiger partial charge in [-0.25, -0.2) is 0 Å². The molecule has 0 saturated carbocycles. The third-order valence-electron chi connectivity index (χ3n) is 4.31. The Hall–Kier alpha value is -0.870. The van der Waals surface area contributed by atoms with E-state index in [-0.39, 0.29) is 0 Å². The van der Waals surface area contributed by atoms with Gasteiger partial charge < -0.3 is 10.1 Å². The number of nitrogens with one attached hydrogen (secondary N) is 1. The van der Waals surface area contributed by atoms with E-state index in [0.717, 1.165) is 12.2 Å². The molecule has 3 rings (SSSR count). The highest BCUT2D eigenvalue weighted by Crippen LogP contribution is 2.34. The Bertz CT molecular complexity index is 427. The van der Waals surface area contributed by atoms with E-state index in [9.17, 15) is 0 Å².